The molecule has 0 aliphatic heterocycles. The first-order valence-corrected chi connectivity index (χ1v) is 9.37. The number of hydrogen-bond acceptors (Lipinski definition) is 3. The van der Waals surface area contributed by atoms with Crippen molar-refractivity contribution < 1.29 is 23.2 Å². The predicted molar refractivity (Wildman–Crippen MR) is 91.8 cm³/mol. The van der Waals surface area contributed by atoms with Crippen LogP contribution in [0.25, 0.3) is 0 Å². The maximum atomic E-state index is 16.6. The van der Waals surface area contributed by atoms with Crippen LogP contribution in [0.1, 0.15) is 46.5 Å². The summed E-state index contributed by atoms with van der Waals surface area (Å²) in [5.41, 5.74) is -4.18. The molecule has 0 aromatic heterocycles. The minimum absolute atomic E-state index is 0.00345. The molecule has 3 nitrogen and oxygen atoms in total. The van der Waals surface area contributed by atoms with E-state index in [1.54, 1.807) is 6.92 Å². The number of halogens is 2. The van der Waals surface area contributed by atoms with Crippen LogP contribution in [0, 0.1) is 28.6 Å². The number of Topliss-reactive ketones (excluding diaryl/α,β-unsaturated/α-hetero) is 2. The molecule has 0 bridgehead atoms. The van der Waals surface area contributed by atoms with Crippen LogP contribution >= 0.6 is 0 Å². The van der Waals surface area contributed by atoms with Gasteiger partial charge in [0.05, 0.1) is 5.41 Å². The van der Waals surface area contributed by atoms with E-state index in [0.29, 0.717) is 12.8 Å². The van der Waals surface area contributed by atoms with Crippen LogP contribution in [0.3, 0.4) is 0 Å². The topological polar surface area (TPSA) is 51.2 Å². The maximum absolute atomic E-state index is 16.6. The van der Waals surface area contributed by atoms with E-state index in [4.69, 9.17) is 0 Å². The number of allylic oxidation sites excluding steroid dienone is 4. The number of alkyl halides is 2. The number of fused-ring (bicyclic) bond motifs is 5. The summed E-state index contributed by atoms with van der Waals surface area (Å²) in [6.45, 7) is 4.96. The molecule has 5 heteroatoms. The van der Waals surface area contributed by atoms with Crippen molar-refractivity contribution in [3.05, 3.63) is 23.8 Å². The van der Waals surface area contributed by atoms with Crippen molar-refractivity contribution in [2.75, 3.05) is 0 Å². The lowest BCUT2D eigenvalue weighted by Gasteiger charge is -2.59. The van der Waals surface area contributed by atoms with Gasteiger partial charge in [-0.05, 0) is 62.2 Å². The molecule has 1 unspecified atom stereocenters. The first-order chi connectivity index (χ1) is 12.1. The van der Waals surface area contributed by atoms with Crippen LogP contribution in [-0.2, 0) is 14.4 Å². The highest BCUT2D eigenvalue weighted by atomic mass is 19.1. The van der Waals surface area contributed by atoms with Gasteiger partial charge in [-0.3, -0.25) is 14.4 Å². The van der Waals surface area contributed by atoms with Crippen molar-refractivity contribution in [1.29, 1.82) is 0 Å². The van der Waals surface area contributed by atoms with Crippen LogP contribution in [0.15, 0.2) is 23.8 Å². The Labute approximate surface area is 151 Å². The minimum Gasteiger partial charge on any atom is -0.300 e. The Morgan fingerprint density at radius 2 is 1.88 bits per heavy atom. The van der Waals surface area contributed by atoms with Crippen molar-refractivity contribution >= 4 is 17.3 Å². The average Bonchev–Trinajstić information content (AvgIpc) is 2.89. The van der Waals surface area contributed by atoms with Crippen LogP contribution < -0.4 is 0 Å². The third kappa shape index (κ3) is 1.89. The summed E-state index contributed by atoms with van der Waals surface area (Å²) in [4.78, 5) is 37.0. The highest BCUT2D eigenvalue weighted by Crippen LogP contribution is 2.68. The van der Waals surface area contributed by atoms with Crippen molar-refractivity contribution in [2.24, 2.45) is 28.6 Å². The van der Waals surface area contributed by atoms with Gasteiger partial charge in [0.25, 0.3) is 0 Å². The van der Waals surface area contributed by atoms with E-state index in [-0.39, 0.29) is 41.8 Å². The van der Waals surface area contributed by atoms with E-state index in [1.807, 2.05) is 6.92 Å². The van der Waals surface area contributed by atoms with E-state index < -0.39 is 34.4 Å². The number of hydrogen-bond donors (Lipinski definition) is 0. The molecular formula is C21H24F2O3. The van der Waals surface area contributed by atoms with Gasteiger partial charge < -0.3 is 0 Å². The van der Waals surface area contributed by atoms with E-state index in [2.05, 4.69) is 0 Å². The second kappa shape index (κ2) is 5.20. The molecule has 26 heavy (non-hydrogen) atoms. The SMILES string of the molecule is CC(=O)[C@H]1CC[C@H]2[C@@H]3CC(F)C4=CC(=O)C=C[C@]4(C)[C@@]3(F)C(=O)C[C@]12C. The largest absolute Gasteiger partial charge is 0.300 e. The fourth-order valence-electron chi connectivity index (χ4n) is 6.60. The Morgan fingerprint density at radius 3 is 2.54 bits per heavy atom. The first-order valence-electron chi connectivity index (χ1n) is 9.37. The standard InChI is InChI=1S/C21H24F2O3/c1-11(24)13-4-5-14-15-9-17(22)16-8-12(25)6-7-20(16,3)21(15,23)18(26)10-19(13,14)2/h6-8,13-15,17H,4-5,9-10H2,1-3H3/t13-,14+,15+,17?,19-,20+,21+/m1/s1. The minimum atomic E-state index is -2.23. The second-order valence-electron chi connectivity index (χ2n) is 9.01. The third-order valence-corrected chi connectivity index (χ3v) is 7.88. The molecule has 7 atom stereocenters. The number of carbonyl (C=O) groups excluding carboxylic acids is 3. The monoisotopic (exact) mass is 362 g/mol. The zero-order valence-electron chi connectivity index (χ0n) is 15.4. The second-order valence-corrected chi connectivity index (χ2v) is 9.01. The molecule has 4 rings (SSSR count). The molecule has 0 amide bonds. The number of carbonyl (C=O) groups is 3. The van der Waals surface area contributed by atoms with Gasteiger partial charge in [0, 0.05) is 18.3 Å². The van der Waals surface area contributed by atoms with E-state index in [1.165, 1.54) is 19.1 Å². The van der Waals surface area contributed by atoms with Crippen LogP contribution in [0.4, 0.5) is 8.78 Å². The van der Waals surface area contributed by atoms with E-state index in [0.717, 1.165) is 6.08 Å². The Kier molecular flexibility index (Phi) is 3.55. The zero-order chi connectivity index (χ0) is 19.1. The first kappa shape index (κ1) is 17.7. The molecule has 3 saturated carbocycles. The van der Waals surface area contributed by atoms with E-state index >= 15 is 8.78 Å². The molecule has 0 N–H and O–H groups in total. The van der Waals surface area contributed by atoms with Crippen LogP contribution in [0.2, 0.25) is 0 Å². The highest BCUT2D eigenvalue weighted by Gasteiger charge is 2.72. The molecule has 0 aromatic carbocycles. The summed E-state index contributed by atoms with van der Waals surface area (Å²) < 4.78 is 31.6. The summed E-state index contributed by atoms with van der Waals surface area (Å²) >= 11 is 0. The normalized spacial score (nSPS) is 50.0. The van der Waals surface area contributed by atoms with Gasteiger partial charge in [-0.25, -0.2) is 8.78 Å². The van der Waals surface area contributed by atoms with Crippen molar-refractivity contribution in [2.45, 2.75) is 58.3 Å². The van der Waals surface area contributed by atoms with Crippen LogP contribution in [-0.4, -0.2) is 29.2 Å². The molecule has 0 radical (unpaired) electrons. The quantitative estimate of drug-likeness (QED) is 0.714. The van der Waals surface area contributed by atoms with Gasteiger partial charge in [-0.1, -0.05) is 13.0 Å². The molecule has 0 spiro atoms. The molecule has 4 aliphatic carbocycles. The predicted octanol–water partition coefficient (Wildman–Crippen LogP) is 3.72. The summed E-state index contributed by atoms with van der Waals surface area (Å²) in [5, 5.41) is 0. The van der Waals surface area contributed by atoms with Gasteiger partial charge in [0.2, 0.25) is 0 Å². The average molecular weight is 362 g/mol. The summed E-state index contributed by atoms with van der Waals surface area (Å²) in [6.07, 6.45) is 3.50. The molecule has 3 fully saturated rings. The van der Waals surface area contributed by atoms with Gasteiger partial charge in [0.1, 0.15) is 12.0 Å². The third-order valence-electron chi connectivity index (χ3n) is 7.88. The van der Waals surface area contributed by atoms with Crippen molar-refractivity contribution in [3.8, 4) is 0 Å². The number of ketones is 3. The summed E-state index contributed by atoms with van der Waals surface area (Å²) in [5.74, 6) is -2.14. The zero-order valence-corrected chi connectivity index (χ0v) is 15.4. The van der Waals surface area contributed by atoms with Gasteiger partial charge in [-0.2, -0.15) is 0 Å². The maximum Gasteiger partial charge on any atom is 0.184 e. The molecule has 4 aliphatic rings. The lowest BCUT2D eigenvalue weighted by molar-refractivity contribution is -0.170. The van der Waals surface area contributed by atoms with Crippen molar-refractivity contribution in [3.63, 3.8) is 0 Å². The highest BCUT2D eigenvalue weighted by molar-refractivity contribution is 6.03. The Morgan fingerprint density at radius 1 is 1.19 bits per heavy atom. The lowest BCUT2D eigenvalue weighted by Crippen LogP contribution is -2.66. The smallest absolute Gasteiger partial charge is 0.184 e. The fraction of sp³-hybridized carbons (Fsp3) is 0.667. The lowest BCUT2D eigenvalue weighted by atomic mass is 9.45. The van der Waals surface area contributed by atoms with E-state index in [9.17, 15) is 14.4 Å². The summed E-state index contributed by atoms with van der Waals surface area (Å²) in [6, 6.07) is 0. The number of rotatable bonds is 1. The van der Waals surface area contributed by atoms with Crippen molar-refractivity contribution in [1.82, 2.24) is 0 Å². The Bertz CT molecular complexity index is 784. The molecule has 0 heterocycles. The van der Waals surface area contributed by atoms with Gasteiger partial charge >= 0.3 is 0 Å². The van der Waals surface area contributed by atoms with Gasteiger partial charge in [-0.15, -0.1) is 0 Å². The van der Waals surface area contributed by atoms with Crippen LogP contribution in [0.5, 0.6) is 0 Å². The molecule has 0 saturated heterocycles. The Hall–Kier alpha value is -1.65. The Balaban J connectivity index is 1.85. The fourth-order valence-corrected chi connectivity index (χ4v) is 6.60. The molecular weight excluding hydrogens is 338 g/mol. The summed E-state index contributed by atoms with van der Waals surface area (Å²) in [7, 11) is 0. The molecule has 140 valence electrons. The van der Waals surface area contributed by atoms with Gasteiger partial charge in [0.15, 0.2) is 17.2 Å². The molecule has 0 aromatic rings.